The molecule has 1 fully saturated rings. The molecule has 1 saturated heterocycles. The molecule has 0 aliphatic carbocycles. The minimum atomic E-state index is 0.651. The topological polar surface area (TPSA) is 59.5 Å². The van der Waals surface area contributed by atoms with E-state index in [9.17, 15) is 5.21 Å². The summed E-state index contributed by atoms with van der Waals surface area (Å²) < 4.78 is 2.96. The van der Waals surface area contributed by atoms with Crippen molar-refractivity contribution < 1.29 is 4.73 Å². The predicted molar refractivity (Wildman–Crippen MR) is 102 cm³/mol. The Balaban J connectivity index is 1.65. The van der Waals surface area contributed by atoms with Gasteiger partial charge >= 0.3 is 0 Å². The van der Waals surface area contributed by atoms with E-state index in [4.69, 9.17) is 4.98 Å². The van der Waals surface area contributed by atoms with Crippen molar-refractivity contribution in [3.05, 3.63) is 65.3 Å². The maximum atomic E-state index is 12.8. The van der Waals surface area contributed by atoms with Crippen LogP contribution in [-0.4, -0.2) is 29.0 Å². The average molecular weight is 347 g/mol. The van der Waals surface area contributed by atoms with Crippen LogP contribution in [0.4, 0.5) is 11.6 Å². The van der Waals surface area contributed by atoms with E-state index >= 15 is 0 Å². The van der Waals surface area contributed by atoms with Gasteiger partial charge < -0.3 is 15.4 Å². The smallest absolute Gasteiger partial charge is 0.265 e. The molecule has 3 aromatic rings. The predicted octanol–water partition coefficient (Wildman–Crippen LogP) is 2.82. The fourth-order valence-electron chi connectivity index (χ4n) is 3.95. The first-order chi connectivity index (χ1) is 12.8. The van der Waals surface area contributed by atoms with Gasteiger partial charge in [-0.25, -0.2) is 4.98 Å². The van der Waals surface area contributed by atoms with Crippen LogP contribution in [0.3, 0.4) is 0 Å². The normalized spacial score (nSPS) is 16.9. The summed E-state index contributed by atoms with van der Waals surface area (Å²) in [6.07, 6.45) is 9.39. The molecular weight excluding hydrogens is 326 g/mol. The van der Waals surface area contributed by atoms with E-state index in [1.807, 2.05) is 34.7 Å². The maximum Gasteiger partial charge on any atom is 0.265 e. The molecule has 4 heterocycles. The van der Waals surface area contributed by atoms with Gasteiger partial charge in [-0.3, -0.25) is 4.40 Å². The molecular formula is C20H21N5O. The Kier molecular flexibility index (Phi) is 3.55. The largest absolute Gasteiger partial charge is 0.618 e. The van der Waals surface area contributed by atoms with Crippen molar-refractivity contribution in [1.82, 2.24) is 9.38 Å². The number of benzene rings is 1. The number of hydrogen-bond donors (Lipinski definition) is 1. The van der Waals surface area contributed by atoms with Crippen molar-refractivity contribution >= 4 is 22.9 Å². The minimum Gasteiger partial charge on any atom is -0.618 e. The second-order valence-electron chi connectivity index (χ2n) is 6.89. The molecule has 1 N–H and O–H groups in total. The molecule has 0 spiro atoms. The number of anilines is 2. The van der Waals surface area contributed by atoms with Gasteiger partial charge in [0.15, 0.2) is 5.82 Å². The van der Waals surface area contributed by atoms with Crippen LogP contribution in [0, 0.1) is 5.21 Å². The Morgan fingerprint density at radius 3 is 2.69 bits per heavy atom. The summed E-state index contributed by atoms with van der Waals surface area (Å²) in [6, 6.07) is 10.1. The summed E-state index contributed by atoms with van der Waals surface area (Å²) in [4.78, 5) is 7.03. The highest BCUT2D eigenvalue weighted by Gasteiger charge is 2.27. The van der Waals surface area contributed by atoms with Gasteiger partial charge in [0, 0.05) is 19.6 Å². The number of nitrogens with zero attached hydrogens (tertiary/aromatic N) is 4. The highest BCUT2D eigenvalue weighted by atomic mass is 16.5. The Bertz CT molecular complexity index is 986. The summed E-state index contributed by atoms with van der Waals surface area (Å²) in [7, 11) is 0. The lowest BCUT2D eigenvalue weighted by Gasteiger charge is -2.26. The Labute approximate surface area is 152 Å². The summed E-state index contributed by atoms with van der Waals surface area (Å²) in [6.45, 7) is 2.76. The zero-order valence-corrected chi connectivity index (χ0v) is 14.6. The molecule has 6 nitrogen and oxygen atoms in total. The van der Waals surface area contributed by atoms with E-state index in [2.05, 4.69) is 22.5 Å². The number of piperidine rings is 1. The average Bonchev–Trinajstić information content (AvgIpc) is 3.13. The lowest BCUT2D eigenvalue weighted by Crippen LogP contribution is -2.35. The Morgan fingerprint density at radius 1 is 1.08 bits per heavy atom. The molecule has 0 bridgehead atoms. The number of hydrogen-bond acceptors (Lipinski definition) is 4. The highest BCUT2D eigenvalue weighted by Crippen LogP contribution is 2.31. The van der Waals surface area contributed by atoms with Crippen LogP contribution < -0.4 is 14.9 Å². The van der Waals surface area contributed by atoms with E-state index in [-0.39, 0.29) is 0 Å². The summed E-state index contributed by atoms with van der Waals surface area (Å²) in [5, 5.41) is 16.2. The quantitative estimate of drug-likeness (QED) is 0.572. The number of rotatable bonds is 2. The molecule has 5 rings (SSSR count). The van der Waals surface area contributed by atoms with Crippen molar-refractivity contribution in [3.63, 3.8) is 0 Å². The van der Waals surface area contributed by atoms with Crippen LogP contribution in [0.15, 0.2) is 48.8 Å². The van der Waals surface area contributed by atoms with Gasteiger partial charge in [0.25, 0.3) is 5.69 Å². The summed E-state index contributed by atoms with van der Waals surface area (Å²) >= 11 is 0. The molecule has 0 radical (unpaired) electrons. The van der Waals surface area contributed by atoms with Gasteiger partial charge in [0.2, 0.25) is 11.8 Å². The van der Waals surface area contributed by atoms with Gasteiger partial charge in [0.1, 0.15) is 5.82 Å². The van der Waals surface area contributed by atoms with Crippen LogP contribution in [0.25, 0.3) is 11.2 Å². The van der Waals surface area contributed by atoms with Crippen LogP contribution in [0.2, 0.25) is 0 Å². The first-order valence-corrected chi connectivity index (χ1v) is 9.21. The third kappa shape index (κ3) is 2.41. The summed E-state index contributed by atoms with van der Waals surface area (Å²) in [5.41, 5.74) is 3.35. The van der Waals surface area contributed by atoms with Crippen LogP contribution in [0.5, 0.6) is 0 Å². The van der Waals surface area contributed by atoms with Gasteiger partial charge in [-0.05, 0) is 24.8 Å². The Morgan fingerprint density at radius 2 is 1.88 bits per heavy atom. The minimum absolute atomic E-state index is 0.651. The number of nitrogens with one attached hydrogen (secondary N) is 1. The number of fused-ring (bicyclic) bond motifs is 3. The molecule has 1 aromatic carbocycles. The zero-order valence-electron chi connectivity index (χ0n) is 14.6. The van der Waals surface area contributed by atoms with Gasteiger partial charge in [-0.1, -0.05) is 36.4 Å². The molecule has 0 amide bonds. The maximum absolute atomic E-state index is 12.8. The molecule has 0 saturated carbocycles. The monoisotopic (exact) mass is 347 g/mol. The van der Waals surface area contributed by atoms with Crippen molar-refractivity contribution in [2.45, 2.75) is 19.3 Å². The van der Waals surface area contributed by atoms with Gasteiger partial charge in [-0.15, -0.1) is 0 Å². The van der Waals surface area contributed by atoms with Crippen LogP contribution >= 0.6 is 0 Å². The second-order valence-corrected chi connectivity index (χ2v) is 6.89. The van der Waals surface area contributed by atoms with Crippen LogP contribution in [0.1, 0.15) is 30.5 Å². The van der Waals surface area contributed by atoms with Gasteiger partial charge in [0.05, 0.1) is 11.8 Å². The first kappa shape index (κ1) is 15.3. The van der Waals surface area contributed by atoms with Crippen molar-refractivity contribution in [1.29, 1.82) is 0 Å². The molecule has 2 aromatic heterocycles. The van der Waals surface area contributed by atoms with E-state index in [1.165, 1.54) is 19.3 Å². The fourth-order valence-corrected chi connectivity index (χ4v) is 3.95. The SMILES string of the molecule is [O-][n+]1cc2nc(N3CCCCC3)cn2c2c1C(c1ccccc1)=CCN2. The third-order valence-corrected chi connectivity index (χ3v) is 5.23. The van der Waals surface area contributed by atoms with Crippen molar-refractivity contribution in [2.24, 2.45) is 0 Å². The second kappa shape index (κ2) is 6.05. The van der Waals surface area contributed by atoms with E-state index < -0.39 is 0 Å². The van der Waals surface area contributed by atoms with Crippen LogP contribution in [-0.2, 0) is 0 Å². The van der Waals surface area contributed by atoms with Gasteiger partial charge in [-0.2, -0.15) is 4.73 Å². The first-order valence-electron chi connectivity index (χ1n) is 9.21. The zero-order chi connectivity index (χ0) is 17.5. The fraction of sp³-hybridized carbons (Fsp3) is 0.300. The standard InChI is InChI=1S/C20H21N5O/c26-25-14-18-22-17(23-11-5-2-6-12-23)13-24(18)20-19(25)16(9-10-21-20)15-7-3-1-4-8-15/h1,3-4,7-9,13-14,21H,2,5-6,10-12H2. The third-order valence-electron chi connectivity index (χ3n) is 5.23. The molecule has 2 aliphatic heterocycles. The molecule has 26 heavy (non-hydrogen) atoms. The lowest BCUT2D eigenvalue weighted by atomic mass is 10.00. The van der Waals surface area contributed by atoms with Crippen molar-refractivity contribution in [3.8, 4) is 0 Å². The lowest BCUT2D eigenvalue weighted by molar-refractivity contribution is -0.606. The van der Waals surface area contributed by atoms with E-state index in [0.717, 1.165) is 40.6 Å². The molecule has 2 aliphatic rings. The number of imidazole rings is 1. The molecule has 0 unspecified atom stereocenters. The number of aromatic nitrogens is 3. The van der Waals surface area contributed by atoms with E-state index in [1.54, 1.807) is 6.20 Å². The Hall–Kier alpha value is -3.02. The van der Waals surface area contributed by atoms with Crippen molar-refractivity contribution in [2.75, 3.05) is 29.9 Å². The molecule has 6 heteroatoms. The highest BCUT2D eigenvalue weighted by molar-refractivity contribution is 5.84. The summed E-state index contributed by atoms with van der Waals surface area (Å²) in [5.74, 6) is 1.77. The molecule has 0 atom stereocenters. The van der Waals surface area contributed by atoms with E-state index in [0.29, 0.717) is 17.9 Å². The molecule has 132 valence electrons.